The Labute approximate surface area is 112 Å². The van der Waals surface area contributed by atoms with Gasteiger partial charge in [0.25, 0.3) is 0 Å². The SMILES string of the molecule is CCCCCNC(=NCC(O)(CC)CC)NCC. The van der Waals surface area contributed by atoms with Crippen LogP contribution >= 0.6 is 0 Å². The summed E-state index contributed by atoms with van der Waals surface area (Å²) in [6.45, 7) is 10.5. The van der Waals surface area contributed by atoms with Crippen LogP contribution in [0.15, 0.2) is 4.99 Å². The monoisotopic (exact) mass is 257 g/mol. The van der Waals surface area contributed by atoms with E-state index in [2.05, 4.69) is 29.5 Å². The molecule has 0 aromatic carbocycles. The molecule has 0 saturated heterocycles. The zero-order valence-corrected chi connectivity index (χ0v) is 12.6. The molecule has 0 fully saturated rings. The van der Waals surface area contributed by atoms with Crippen LogP contribution in [0.2, 0.25) is 0 Å². The number of rotatable bonds is 9. The topological polar surface area (TPSA) is 56.7 Å². The largest absolute Gasteiger partial charge is 0.388 e. The van der Waals surface area contributed by atoms with Crippen molar-refractivity contribution in [3.63, 3.8) is 0 Å². The summed E-state index contributed by atoms with van der Waals surface area (Å²) < 4.78 is 0. The van der Waals surface area contributed by atoms with Crippen molar-refractivity contribution in [3.05, 3.63) is 0 Å². The van der Waals surface area contributed by atoms with Crippen LogP contribution in [0, 0.1) is 0 Å². The fourth-order valence-electron chi connectivity index (χ4n) is 1.62. The molecule has 0 aliphatic carbocycles. The number of guanidine groups is 1. The molecule has 18 heavy (non-hydrogen) atoms. The molecule has 0 saturated carbocycles. The van der Waals surface area contributed by atoms with Crippen molar-refractivity contribution in [1.29, 1.82) is 0 Å². The highest BCUT2D eigenvalue weighted by Crippen LogP contribution is 2.14. The Kier molecular flexibility index (Phi) is 9.74. The van der Waals surface area contributed by atoms with Crippen LogP contribution in [0.5, 0.6) is 0 Å². The maximum atomic E-state index is 10.2. The van der Waals surface area contributed by atoms with Crippen molar-refractivity contribution in [2.45, 2.75) is 65.4 Å². The maximum Gasteiger partial charge on any atom is 0.191 e. The average molecular weight is 257 g/mol. The summed E-state index contributed by atoms with van der Waals surface area (Å²) in [5, 5.41) is 16.7. The summed E-state index contributed by atoms with van der Waals surface area (Å²) in [6, 6.07) is 0. The van der Waals surface area contributed by atoms with E-state index >= 15 is 0 Å². The third-order valence-electron chi connectivity index (χ3n) is 3.26. The molecule has 0 aliphatic rings. The molecule has 0 unspecified atom stereocenters. The van der Waals surface area contributed by atoms with Crippen LogP contribution in [0.4, 0.5) is 0 Å². The van der Waals surface area contributed by atoms with E-state index in [0.717, 1.165) is 38.3 Å². The van der Waals surface area contributed by atoms with Gasteiger partial charge in [-0.25, -0.2) is 0 Å². The van der Waals surface area contributed by atoms with Crippen molar-refractivity contribution in [2.75, 3.05) is 19.6 Å². The number of unbranched alkanes of at least 4 members (excludes halogenated alkanes) is 2. The van der Waals surface area contributed by atoms with E-state index in [-0.39, 0.29) is 0 Å². The summed E-state index contributed by atoms with van der Waals surface area (Å²) in [4.78, 5) is 4.47. The van der Waals surface area contributed by atoms with Gasteiger partial charge in [0.15, 0.2) is 5.96 Å². The molecule has 0 atom stereocenters. The van der Waals surface area contributed by atoms with E-state index in [4.69, 9.17) is 0 Å². The Morgan fingerprint density at radius 2 is 1.72 bits per heavy atom. The smallest absolute Gasteiger partial charge is 0.191 e. The van der Waals surface area contributed by atoms with E-state index in [0.29, 0.717) is 6.54 Å². The Balaban J connectivity index is 4.21. The number of aliphatic imine (C=N–C) groups is 1. The minimum atomic E-state index is -0.661. The molecule has 0 aliphatic heterocycles. The first-order valence-corrected chi connectivity index (χ1v) is 7.36. The Morgan fingerprint density at radius 1 is 1.06 bits per heavy atom. The van der Waals surface area contributed by atoms with Crippen LogP contribution in [0.25, 0.3) is 0 Å². The van der Waals surface area contributed by atoms with Gasteiger partial charge in [-0.2, -0.15) is 0 Å². The second-order valence-corrected chi connectivity index (χ2v) is 4.76. The van der Waals surface area contributed by atoms with Gasteiger partial charge in [-0.1, -0.05) is 33.6 Å². The van der Waals surface area contributed by atoms with E-state index in [1.165, 1.54) is 12.8 Å². The van der Waals surface area contributed by atoms with Gasteiger partial charge < -0.3 is 15.7 Å². The van der Waals surface area contributed by atoms with Gasteiger partial charge in [-0.05, 0) is 26.2 Å². The van der Waals surface area contributed by atoms with Gasteiger partial charge >= 0.3 is 0 Å². The summed E-state index contributed by atoms with van der Waals surface area (Å²) in [5.74, 6) is 0.814. The van der Waals surface area contributed by atoms with Crippen LogP contribution in [0.3, 0.4) is 0 Å². The van der Waals surface area contributed by atoms with Crippen molar-refractivity contribution in [3.8, 4) is 0 Å². The van der Waals surface area contributed by atoms with Crippen molar-refractivity contribution < 1.29 is 5.11 Å². The normalized spacial score (nSPS) is 12.6. The molecule has 0 heterocycles. The first-order valence-electron chi connectivity index (χ1n) is 7.36. The predicted molar refractivity (Wildman–Crippen MR) is 79.0 cm³/mol. The first-order chi connectivity index (χ1) is 8.61. The van der Waals surface area contributed by atoms with E-state index in [9.17, 15) is 5.11 Å². The summed E-state index contributed by atoms with van der Waals surface area (Å²) >= 11 is 0. The number of nitrogens with one attached hydrogen (secondary N) is 2. The minimum Gasteiger partial charge on any atom is -0.388 e. The van der Waals surface area contributed by atoms with E-state index in [1.807, 2.05) is 13.8 Å². The minimum absolute atomic E-state index is 0.461. The number of hydrogen-bond acceptors (Lipinski definition) is 2. The molecule has 3 N–H and O–H groups in total. The van der Waals surface area contributed by atoms with Crippen LogP contribution in [0.1, 0.15) is 59.8 Å². The molecule has 0 spiro atoms. The lowest BCUT2D eigenvalue weighted by molar-refractivity contribution is 0.0418. The zero-order valence-electron chi connectivity index (χ0n) is 12.6. The zero-order chi connectivity index (χ0) is 13.9. The quantitative estimate of drug-likeness (QED) is 0.337. The average Bonchev–Trinajstić information content (AvgIpc) is 2.40. The Bertz CT molecular complexity index is 225. The lowest BCUT2D eigenvalue weighted by Crippen LogP contribution is -2.40. The van der Waals surface area contributed by atoms with Gasteiger partial charge in [0.2, 0.25) is 0 Å². The van der Waals surface area contributed by atoms with Crippen LogP contribution < -0.4 is 10.6 Å². The highest BCUT2D eigenvalue weighted by atomic mass is 16.3. The fraction of sp³-hybridized carbons (Fsp3) is 0.929. The molecule has 4 heteroatoms. The predicted octanol–water partition coefficient (Wildman–Crippen LogP) is 2.28. The summed E-state index contributed by atoms with van der Waals surface area (Å²) in [6.07, 6.45) is 5.10. The van der Waals surface area contributed by atoms with Crippen molar-refractivity contribution in [1.82, 2.24) is 10.6 Å². The molecule has 0 amide bonds. The van der Waals surface area contributed by atoms with Crippen molar-refractivity contribution >= 4 is 5.96 Å². The second-order valence-electron chi connectivity index (χ2n) is 4.76. The van der Waals surface area contributed by atoms with Gasteiger partial charge in [-0.15, -0.1) is 0 Å². The standard InChI is InChI=1S/C14H31N3O/c1-5-9-10-11-16-13(15-8-4)17-12-14(18,6-2)7-3/h18H,5-12H2,1-4H3,(H2,15,16,17). The number of hydrogen-bond donors (Lipinski definition) is 3. The summed E-state index contributed by atoms with van der Waals surface area (Å²) in [5.41, 5.74) is -0.661. The lowest BCUT2D eigenvalue weighted by Gasteiger charge is -2.23. The van der Waals surface area contributed by atoms with Crippen LogP contribution in [-0.4, -0.2) is 36.3 Å². The Hall–Kier alpha value is -0.770. The molecule has 108 valence electrons. The fourth-order valence-corrected chi connectivity index (χ4v) is 1.62. The molecular formula is C14H31N3O. The van der Waals surface area contributed by atoms with Crippen molar-refractivity contribution in [2.24, 2.45) is 4.99 Å². The number of aliphatic hydroxyl groups is 1. The highest BCUT2D eigenvalue weighted by Gasteiger charge is 2.21. The third kappa shape index (κ3) is 7.54. The molecule has 0 aromatic rings. The molecule has 4 nitrogen and oxygen atoms in total. The second kappa shape index (κ2) is 10.2. The molecular weight excluding hydrogens is 226 g/mol. The van der Waals surface area contributed by atoms with Gasteiger partial charge in [-0.3, -0.25) is 4.99 Å². The van der Waals surface area contributed by atoms with E-state index in [1.54, 1.807) is 0 Å². The number of nitrogens with zero attached hydrogens (tertiary/aromatic N) is 1. The molecule has 0 rings (SSSR count). The van der Waals surface area contributed by atoms with Gasteiger partial charge in [0.1, 0.15) is 0 Å². The molecule has 0 radical (unpaired) electrons. The molecule has 0 bridgehead atoms. The third-order valence-corrected chi connectivity index (χ3v) is 3.26. The highest BCUT2D eigenvalue weighted by molar-refractivity contribution is 5.79. The molecule has 0 aromatic heterocycles. The summed E-state index contributed by atoms with van der Waals surface area (Å²) in [7, 11) is 0. The van der Waals surface area contributed by atoms with E-state index < -0.39 is 5.60 Å². The lowest BCUT2D eigenvalue weighted by atomic mass is 9.98. The Morgan fingerprint density at radius 3 is 2.22 bits per heavy atom. The van der Waals surface area contributed by atoms with Gasteiger partial charge in [0.05, 0.1) is 12.1 Å². The van der Waals surface area contributed by atoms with Gasteiger partial charge in [0, 0.05) is 13.1 Å². The van der Waals surface area contributed by atoms with Crippen LogP contribution in [-0.2, 0) is 0 Å². The maximum absolute atomic E-state index is 10.2. The first kappa shape index (κ1) is 17.2.